The third kappa shape index (κ3) is 3.61. The van der Waals surface area contributed by atoms with Gasteiger partial charge in [0.2, 0.25) is 5.91 Å². The molecule has 88 valence electrons. The Bertz CT molecular complexity index is 329. The molecule has 1 amide bonds. The summed E-state index contributed by atoms with van der Waals surface area (Å²) in [6, 6.07) is 9.11. The van der Waals surface area contributed by atoms with Crippen molar-refractivity contribution < 1.29 is 9.90 Å². The zero-order chi connectivity index (χ0) is 12.0. The summed E-state index contributed by atoms with van der Waals surface area (Å²) in [5.41, 5.74) is 0.911. The number of nitrogens with one attached hydrogen (secondary N) is 1. The number of benzene rings is 1. The fourth-order valence-corrected chi connectivity index (χ4v) is 1.50. The number of amides is 1. The van der Waals surface area contributed by atoms with Crippen molar-refractivity contribution in [1.29, 1.82) is 0 Å². The highest BCUT2D eigenvalue weighted by molar-refractivity contribution is 9.10. The van der Waals surface area contributed by atoms with Crippen LogP contribution in [-0.2, 0) is 4.79 Å². The van der Waals surface area contributed by atoms with Crippen LogP contribution >= 0.6 is 15.9 Å². The van der Waals surface area contributed by atoms with E-state index in [1.54, 1.807) is 0 Å². The summed E-state index contributed by atoms with van der Waals surface area (Å²) in [7, 11) is 0. The van der Waals surface area contributed by atoms with Crippen LogP contribution in [0.3, 0.4) is 0 Å². The molecule has 0 aromatic heterocycles. The third-order valence-electron chi connectivity index (χ3n) is 2.34. The van der Waals surface area contributed by atoms with Crippen LogP contribution in [0.5, 0.6) is 0 Å². The fraction of sp³-hybridized carbons (Fsp3) is 0.417. The lowest BCUT2D eigenvalue weighted by Crippen LogP contribution is -2.35. The van der Waals surface area contributed by atoms with Crippen LogP contribution in [0.4, 0.5) is 0 Å². The summed E-state index contributed by atoms with van der Waals surface area (Å²) in [6.45, 7) is 1.83. The Morgan fingerprint density at radius 3 is 2.56 bits per heavy atom. The minimum atomic E-state index is -0.333. The number of hydrogen-bond donors (Lipinski definition) is 2. The van der Waals surface area contributed by atoms with Gasteiger partial charge in [0.25, 0.3) is 0 Å². The zero-order valence-electron chi connectivity index (χ0n) is 9.19. The molecule has 0 bridgehead atoms. The van der Waals surface area contributed by atoms with Crippen molar-refractivity contribution in [2.75, 3.05) is 6.61 Å². The Morgan fingerprint density at radius 2 is 2.06 bits per heavy atom. The van der Waals surface area contributed by atoms with Crippen molar-refractivity contribution in [2.45, 2.75) is 24.2 Å². The molecular weight excluding hydrogens is 270 g/mol. The number of carbonyl (C=O) groups is 1. The number of aliphatic hydroxyl groups is 1. The molecule has 3 nitrogen and oxygen atoms in total. The molecule has 0 fully saturated rings. The first kappa shape index (κ1) is 13.2. The predicted octanol–water partition coefficient (Wildman–Crippen LogP) is 2.01. The van der Waals surface area contributed by atoms with Gasteiger partial charge in [0.05, 0.1) is 17.5 Å². The fourth-order valence-electron chi connectivity index (χ4n) is 1.37. The van der Waals surface area contributed by atoms with E-state index in [0.717, 1.165) is 12.0 Å². The van der Waals surface area contributed by atoms with Gasteiger partial charge >= 0.3 is 0 Å². The summed E-state index contributed by atoms with van der Waals surface area (Å²) in [4.78, 5) is 11.4. The molecule has 0 heterocycles. The maximum Gasteiger partial charge on any atom is 0.234 e. The van der Waals surface area contributed by atoms with Crippen LogP contribution in [0.2, 0.25) is 0 Å². The van der Waals surface area contributed by atoms with Gasteiger partial charge in [-0.15, -0.1) is 0 Å². The van der Waals surface area contributed by atoms with Gasteiger partial charge in [-0.1, -0.05) is 53.2 Å². The number of rotatable bonds is 5. The van der Waals surface area contributed by atoms with Gasteiger partial charge < -0.3 is 10.4 Å². The standard InChI is InChI=1S/C12H16BrNO2/c1-2-10(13)12(16)14-11(8-15)9-6-4-3-5-7-9/h3-7,10-11,15H,2,8H2,1H3,(H,14,16)/t10?,11-/m0/s1. The SMILES string of the molecule is CCC(Br)C(=O)N[C@@H](CO)c1ccccc1. The van der Waals surface area contributed by atoms with Crippen LogP contribution in [0, 0.1) is 0 Å². The van der Waals surface area contributed by atoms with E-state index in [1.807, 2.05) is 37.3 Å². The van der Waals surface area contributed by atoms with Crippen molar-refractivity contribution in [2.24, 2.45) is 0 Å². The zero-order valence-corrected chi connectivity index (χ0v) is 10.8. The van der Waals surface area contributed by atoms with Gasteiger partial charge in [-0.25, -0.2) is 0 Å². The van der Waals surface area contributed by atoms with E-state index in [-0.39, 0.29) is 23.4 Å². The highest BCUT2D eigenvalue weighted by Crippen LogP contribution is 2.13. The normalized spacial score (nSPS) is 14.2. The molecule has 0 aliphatic heterocycles. The lowest BCUT2D eigenvalue weighted by Gasteiger charge is -2.18. The lowest BCUT2D eigenvalue weighted by molar-refractivity contribution is -0.121. The average Bonchev–Trinajstić information content (AvgIpc) is 2.35. The molecular formula is C12H16BrNO2. The van der Waals surface area contributed by atoms with E-state index in [0.29, 0.717) is 0 Å². The van der Waals surface area contributed by atoms with Crippen molar-refractivity contribution >= 4 is 21.8 Å². The second kappa shape index (κ2) is 6.66. The quantitative estimate of drug-likeness (QED) is 0.813. The number of carbonyl (C=O) groups excluding carboxylic acids is 1. The first-order chi connectivity index (χ1) is 7.69. The van der Waals surface area contributed by atoms with Gasteiger partial charge in [-0.2, -0.15) is 0 Å². The highest BCUT2D eigenvalue weighted by atomic mass is 79.9. The summed E-state index contributed by atoms with van der Waals surface area (Å²) in [5, 5.41) is 12.1. The monoisotopic (exact) mass is 285 g/mol. The summed E-state index contributed by atoms with van der Waals surface area (Å²) >= 11 is 3.28. The smallest absolute Gasteiger partial charge is 0.234 e. The van der Waals surface area contributed by atoms with Crippen molar-refractivity contribution in [3.63, 3.8) is 0 Å². The second-order valence-corrected chi connectivity index (χ2v) is 4.64. The molecule has 0 saturated heterocycles. The van der Waals surface area contributed by atoms with Crippen LogP contribution in [0.25, 0.3) is 0 Å². The molecule has 1 unspecified atom stereocenters. The van der Waals surface area contributed by atoms with Crippen LogP contribution in [0.1, 0.15) is 24.9 Å². The Labute approximate surface area is 104 Å². The minimum absolute atomic E-state index is 0.0922. The van der Waals surface area contributed by atoms with E-state index < -0.39 is 0 Å². The first-order valence-electron chi connectivity index (χ1n) is 5.29. The van der Waals surface area contributed by atoms with E-state index in [4.69, 9.17) is 0 Å². The summed E-state index contributed by atoms with van der Waals surface area (Å²) < 4.78 is 0. The third-order valence-corrected chi connectivity index (χ3v) is 3.41. The summed E-state index contributed by atoms with van der Waals surface area (Å²) in [6.07, 6.45) is 0.721. The number of halogens is 1. The minimum Gasteiger partial charge on any atom is -0.394 e. The van der Waals surface area contributed by atoms with E-state index in [2.05, 4.69) is 21.2 Å². The Balaban J connectivity index is 2.66. The Morgan fingerprint density at radius 1 is 1.44 bits per heavy atom. The van der Waals surface area contributed by atoms with E-state index in [9.17, 15) is 9.90 Å². The molecule has 1 rings (SSSR count). The van der Waals surface area contributed by atoms with Gasteiger partial charge in [0.1, 0.15) is 0 Å². The van der Waals surface area contributed by atoms with Gasteiger partial charge in [0.15, 0.2) is 0 Å². The van der Waals surface area contributed by atoms with Gasteiger partial charge in [-0.05, 0) is 12.0 Å². The maximum absolute atomic E-state index is 11.6. The van der Waals surface area contributed by atoms with Crippen molar-refractivity contribution in [1.82, 2.24) is 5.32 Å². The molecule has 1 aromatic carbocycles. The Kier molecular flexibility index (Phi) is 5.49. The van der Waals surface area contributed by atoms with Crippen molar-refractivity contribution in [3.8, 4) is 0 Å². The first-order valence-corrected chi connectivity index (χ1v) is 6.20. The molecule has 2 N–H and O–H groups in total. The van der Waals surface area contributed by atoms with Crippen LogP contribution in [-0.4, -0.2) is 22.4 Å². The Hall–Kier alpha value is -0.870. The molecule has 16 heavy (non-hydrogen) atoms. The molecule has 0 spiro atoms. The summed E-state index contributed by atoms with van der Waals surface area (Å²) in [5.74, 6) is -0.0922. The molecule has 0 aliphatic rings. The average molecular weight is 286 g/mol. The molecule has 4 heteroatoms. The second-order valence-electron chi connectivity index (χ2n) is 3.53. The largest absolute Gasteiger partial charge is 0.394 e. The lowest BCUT2D eigenvalue weighted by atomic mass is 10.1. The van der Waals surface area contributed by atoms with E-state index >= 15 is 0 Å². The number of hydrogen-bond acceptors (Lipinski definition) is 2. The number of aliphatic hydroxyl groups excluding tert-OH is 1. The highest BCUT2D eigenvalue weighted by Gasteiger charge is 2.17. The molecule has 0 radical (unpaired) electrons. The predicted molar refractivity (Wildman–Crippen MR) is 67.4 cm³/mol. The molecule has 0 aliphatic carbocycles. The van der Waals surface area contributed by atoms with Gasteiger partial charge in [-0.3, -0.25) is 4.79 Å². The topological polar surface area (TPSA) is 49.3 Å². The van der Waals surface area contributed by atoms with E-state index in [1.165, 1.54) is 0 Å². The molecule has 0 saturated carbocycles. The molecule has 2 atom stereocenters. The molecule has 1 aromatic rings. The maximum atomic E-state index is 11.6. The van der Waals surface area contributed by atoms with Gasteiger partial charge in [0, 0.05) is 0 Å². The number of alkyl halides is 1. The van der Waals surface area contributed by atoms with Crippen molar-refractivity contribution in [3.05, 3.63) is 35.9 Å². The van der Waals surface area contributed by atoms with Crippen LogP contribution in [0.15, 0.2) is 30.3 Å². The van der Waals surface area contributed by atoms with Crippen LogP contribution < -0.4 is 5.32 Å².